The molecule has 0 saturated heterocycles. The van der Waals surface area contributed by atoms with Crippen LogP contribution in [0.2, 0.25) is 5.02 Å². The van der Waals surface area contributed by atoms with Crippen molar-refractivity contribution in [3.05, 3.63) is 119 Å². The summed E-state index contributed by atoms with van der Waals surface area (Å²) in [5.41, 5.74) is 5.38. The molecule has 1 aromatic heterocycles. The molecule has 5 rings (SSSR count). The van der Waals surface area contributed by atoms with Gasteiger partial charge in [-0.3, -0.25) is 0 Å². The Morgan fingerprint density at radius 3 is 2.19 bits per heavy atom. The summed E-state index contributed by atoms with van der Waals surface area (Å²) in [4.78, 5) is 4.97. The van der Waals surface area contributed by atoms with Gasteiger partial charge in [-0.1, -0.05) is 84.4 Å². The van der Waals surface area contributed by atoms with Gasteiger partial charge in [0.15, 0.2) is 0 Å². The molecule has 4 aromatic carbocycles. The van der Waals surface area contributed by atoms with E-state index in [1.54, 1.807) is 0 Å². The van der Waals surface area contributed by atoms with Gasteiger partial charge in [-0.2, -0.15) is 0 Å². The largest absolute Gasteiger partial charge is 0.489 e. The van der Waals surface area contributed by atoms with Gasteiger partial charge in [-0.05, 0) is 35.4 Å². The van der Waals surface area contributed by atoms with Crippen LogP contribution in [-0.2, 0) is 13.2 Å². The van der Waals surface area contributed by atoms with Gasteiger partial charge in [-0.15, -0.1) is 0 Å². The van der Waals surface area contributed by atoms with E-state index >= 15 is 0 Å². The maximum Gasteiger partial charge on any atom is 0.141 e. The first kappa shape index (κ1) is 19.4. The molecule has 0 radical (unpaired) electrons. The smallest absolute Gasteiger partial charge is 0.141 e. The second-order valence-corrected chi connectivity index (χ2v) is 7.88. The number of fused-ring (bicyclic) bond motifs is 1. The van der Waals surface area contributed by atoms with Crippen molar-refractivity contribution in [2.24, 2.45) is 0 Å². The van der Waals surface area contributed by atoms with Crippen LogP contribution in [0.4, 0.5) is 0 Å². The van der Waals surface area contributed by atoms with Crippen molar-refractivity contribution in [1.82, 2.24) is 9.55 Å². The number of ether oxygens (including phenoxy) is 1. The summed E-state index contributed by atoms with van der Waals surface area (Å²) in [6.45, 7) is 1.24. The van der Waals surface area contributed by atoms with E-state index < -0.39 is 0 Å². The van der Waals surface area contributed by atoms with Crippen LogP contribution in [-0.4, -0.2) is 9.55 Å². The second kappa shape index (κ2) is 8.66. The SMILES string of the molecule is Clc1ccc(Cn2c(-c3ccccc3)nc3cc(OCc4ccccc4)ccc32)cc1. The molecule has 0 aliphatic heterocycles. The maximum absolute atomic E-state index is 6.07. The monoisotopic (exact) mass is 424 g/mol. The summed E-state index contributed by atoms with van der Waals surface area (Å²) in [6.07, 6.45) is 0. The fourth-order valence-corrected chi connectivity index (χ4v) is 3.81. The fraction of sp³-hybridized carbons (Fsp3) is 0.0741. The highest BCUT2D eigenvalue weighted by Crippen LogP contribution is 2.29. The van der Waals surface area contributed by atoms with Crippen molar-refractivity contribution in [3.63, 3.8) is 0 Å². The summed E-state index contributed by atoms with van der Waals surface area (Å²) in [6, 6.07) is 34.5. The van der Waals surface area contributed by atoms with Gasteiger partial charge < -0.3 is 9.30 Å². The normalized spacial score (nSPS) is 11.0. The van der Waals surface area contributed by atoms with E-state index in [0.29, 0.717) is 13.2 Å². The van der Waals surface area contributed by atoms with Crippen molar-refractivity contribution >= 4 is 22.6 Å². The molecule has 0 aliphatic carbocycles. The molecule has 3 nitrogen and oxygen atoms in total. The molecular weight excluding hydrogens is 404 g/mol. The minimum Gasteiger partial charge on any atom is -0.489 e. The highest BCUT2D eigenvalue weighted by molar-refractivity contribution is 6.30. The van der Waals surface area contributed by atoms with Crippen LogP contribution in [0, 0.1) is 0 Å². The Bertz CT molecular complexity index is 1300. The lowest BCUT2D eigenvalue weighted by Crippen LogP contribution is -2.02. The first-order valence-corrected chi connectivity index (χ1v) is 10.6. The van der Waals surface area contributed by atoms with Gasteiger partial charge in [0.25, 0.3) is 0 Å². The Balaban J connectivity index is 1.52. The third-order valence-corrected chi connectivity index (χ3v) is 5.51. The van der Waals surface area contributed by atoms with Crippen LogP contribution >= 0.6 is 11.6 Å². The van der Waals surface area contributed by atoms with Crippen LogP contribution in [0.1, 0.15) is 11.1 Å². The number of imidazole rings is 1. The van der Waals surface area contributed by atoms with Crippen LogP contribution in [0.3, 0.4) is 0 Å². The van der Waals surface area contributed by atoms with Crippen molar-refractivity contribution in [2.45, 2.75) is 13.2 Å². The number of hydrogen-bond donors (Lipinski definition) is 0. The molecule has 0 unspecified atom stereocenters. The molecule has 152 valence electrons. The Hall–Kier alpha value is -3.56. The molecule has 4 heteroatoms. The Kier molecular flexibility index (Phi) is 5.42. The highest BCUT2D eigenvalue weighted by Gasteiger charge is 2.14. The molecule has 1 heterocycles. The number of aromatic nitrogens is 2. The lowest BCUT2D eigenvalue weighted by atomic mass is 10.2. The quantitative estimate of drug-likeness (QED) is 0.294. The Labute approximate surface area is 186 Å². The summed E-state index contributed by atoms with van der Waals surface area (Å²) >= 11 is 6.07. The van der Waals surface area contributed by atoms with Gasteiger partial charge in [0.2, 0.25) is 0 Å². The van der Waals surface area contributed by atoms with E-state index in [9.17, 15) is 0 Å². The number of benzene rings is 4. The van der Waals surface area contributed by atoms with E-state index in [2.05, 4.69) is 47.0 Å². The molecule has 0 bridgehead atoms. The van der Waals surface area contributed by atoms with Gasteiger partial charge in [-0.25, -0.2) is 4.98 Å². The molecule has 0 N–H and O–H groups in total. The highest BCUT2D eigenvalue weighted by atomic mass is 35.5. The zero-order valence-electron chi connectivity index (χ0n) is 16.9. The minimum atomic E-state index is 0.531. The average Bonchev–Trinajstić information content (AvgIpc) is 3.18. The van der Waals surface area contributed by atoms with Gasteiger partial charge >= 0.3 is 0 Å². The van der Waals surface area contributed by atoms with Crippen molar-refractivity contribution in [3.8, 4) is 17.1 Å². The van der Waals surface area contributed by atoms with Crippen LogP contribution < -0.4 is 4.74 Å². The van der Waals surface area contributed by atoms with Gasteiger partial charge in [0.1, 0.15) is 18.2 Å². The summed E-state index contributed by atoms with van der Waals surface area (Å²) in [7, 11) is 0. The molecule has 0 amide bonds. The fourth-order valence-electron chi connectivity index (χ4n) is 3.68. The number of rotatable bonds is 6. The first-order valence-electron chi connectivity index (χ1n) is 10.2. The van der Waals surface area contributed by atoms with E-state index in [4.69, 9.17) is 21.3 Å². The zero-order valence-corrected chi connectivity index (χ0v) is 17.7. The predicted octanol–water partition coefficient (Wildman–Crippen LogP) is 6.98. The summed E-state index contributed by atoms with van der Waals surface area (Å²) in [5.74, 6) is 1.75. The minimum absolute atomic E-state index is 0.531. The predicted molar refractivity (Wildman–Crippen MR) is 126 cm³/mol. The molecule has 5 aromatic rings. The number of halogens is 1. The van der Waals surface area contributed by atoms with E-state index in [1.165, 1.54) is 5.56 Å². The Morgan fingerprint density at radius 1 is 0.742 bits per heavy atom. The van der Waals surface area contributed by atoms with Crippen LogP contribution in [0.25, 0.3) is 22.4 Å². The molecule has 0 fully saturated rings. The third-order valence-electron chi connectivity index (χ3n) is 5.25. The molecular formula is C27H21ClN2O. The van der Waals surface area contributed by atoms with Crippen molar-refractivity contribution in [2.75, 3.05) is 0 Å². The second-order valence-electron chi connectivity index (χ2n) is 7.44. The summed E-state index contributed by atoms with van der Waals surface area (Å²) < 4.78 is 8.27. The van der Waals surface area contributed by atoms with Gasteiger partial charge in [0.05, 0.1) is 11.0 Å². The number of hydrogen-bond acceptors (Lipinski definition) is 2. The van der Waals surface area contributed by atoms with Crippen LogP contribution in [0.5, 0.6) is 5.75 Å². The maximum atomic E-state index is 6.07. The molecule has 0 saturated carbocycles. The van der Waals surface area contributed by atoms with Gasteiger partial charge in [0, 0.05) is 23.2 Å². The molecule has 0 spiro atoms. The van der Waals surface area contributed by atoms with E-state index in [1.807, 2.05) is 60.7 Å². The first-order chi connectivity index (χ1) is 15.3. The third kappa shape index (κ3) is 4.32. The molecule has 31 heavy (non-hydrogen) atoms. The molecule has 0 aliphatic rings. The topological polar surface area (TPSA) is 27.1 Å². The lowest BCUT2D eigenvalue weighted by molar-refractivity contribution is 0.306. The number of nitrogens with zero attached hydrogens (tertiary/aromatic N) is 2. The zero-order chi connectivity index (χ0) is 21.0. The molecule has 0 atom stereocenters. The summed E-state index contributed by atoms with van der Waals surface area (Å²) in [5, 5.41) is 0.739. The van der Waals surface area contributed by atoms with E-state index in [-0.39, 0.29) is 0 Å². The van der Waals surface area contributed by atoms with E-state index in [0.717, 1.165) is 38.8 Å². The van der Waals surface area contributed by atoms with Crippen molar-refractivity contribution in [1.29, 1.82) is 0 Å². The average molecular weight is 425 g/mol. The Morgan fingerprint density at radius 2 is 1.45 bits per heavy atom. The van der Waals surface area contributed by atoms with Crippen LogP contribution in [0.15, 0.2) is 103 Å². The van der Waals surface area contributed by atoms with Crippen molar-refractivity contribution < 1.29 is 4.74 Å². The lowest BCUT2D eigenvalue weighted by Gasteiger charge is -2.10. The standard InChI is InChI=1S/C27H21ClN2O/c28-23-13-11-20(12-14-23)18-30-26-16-15-24(31-19-21-7-3-1-4-8-21)17-25(26)29-27(30)22-9-5-2-6-10-22/h1-17H,18-19H2.